The summed E-state index contributed by atoms with van der Waals surface area (Å²) in [5.74, 6) is 0.515. The number of anilines is 1. The number of nitrogens with zero attached hydrogens (tertiary/aromatic N) is 2. The Morgan fingerprint density at radius 1 is 1.41 bits per heavy atom. The monoisotopic (exact) mass is 237 g/mol. The number of hydrogen-bond donors (Lipinski definition) is 3. The Balaban J connectivity index is 1.82. The third-order valence-electron chi connectivity index (χ3n) is 3.07. The summed E-state index contributed by atoms with van der Waals surface area (Å²) in [4.78, 5) is 13.8. The Morgan fingerprint density at radius 3 is 2.71 bits per heavy atom. The summed E-state index contributed by atoms with van der Waals surface area (Å²) in [6, 6.07) is -0.00694. The highest BCUT2D eigenvalue weighted by Gasteiger charge is 2.15. The number of hydrogen-bond acceptors (Lipinski definition) is 3. The van der Waals surface area contributed by atoms with Crippen LogP contribution >= 0.6 is 0 Å². The van der Waals surface area contributed by atoms with Crippen molar-refractivity contribution >= 4 is 11.8 Å². The summed E-state index contributed by atoms with van der Waals surface area (Å²) in [5, 5.41) is 9.33. The second kappa shape index (κ2) is 5.56. The third-order valence-corrected chi connectivity index (χ3v) is 3.07. The van der Waals surface area contributed by atoms with Gasteiger partial charge < -0.3 is 16.0 Å². The minimum atomic E-state index is -0.00694. The third kappa shape index (κ3) is 3.12. The molecule has 2 amide bonds. The van der Waals surface area contributed by atoms with Gasteiger partial charge in [0.1, 0.15) is 5.82 Å². The Kier molecular flexibility index (Phi) is 3.85. The van der Waals surface area contributed by atoms with Gasteiger partial charge in [0.2, 0.25) is 0 Å². The number of aromatic amines is 1. The Hall–Kier alpha value is -1.72. The zero-order valence-electron chi connectivity index (χ0n) is 9.91. The fraction of sp³-hybridized carbons (Fsp3) is 0.636. The number of carbonyl (C=O) groups excluding carboxylic acids is 1. The maximum Gasteiger partial charge on any atom is 0.317 e. The topological polar surface area (TPSA) is 87.0 Å². The van der Waals surface area contributed by atoms with E-state index in [1.165, 1.54) is 12.8 Å². The normalized spacial score (nSPS) is 16.6. The quantitative estimate of drug-likeness (QED) is 0.719. The molecule has 4 N–H and O–H groups in total. The molecule has 1 aliphatic heterocycles. The van der Waals surface area contributed by atoms with Crippen molar-refractivity contribution in [2.75, 3.05) is 18.8 Å². The Morgan fingerprint density at radius 2 is 2.12 bits per heavy atom. The molecule has 0 bridgehead atoms. The van der Waals surface area contributed by atoms with Crippen molar-refractivity contribution in [3.63, 3.8) is 0 Å². The maximum absolute atomic E-state index is 11.9. The molecule has 0 saturated carbocycles. The standard InChI is InChI=1S/C11H19N5O/c12-10-9(8-14-15-10)7-13-11(17)16-5-3-1-2-4-6-16/h8H,1-7H2,(H,13,17)(H3,12,14,15). The summed E-state index contributed by atoms with van der Waals surface area (Å²) >= 11 is 0. The zero-order chi connectivity index (χ0) is 12.1. The van der Waals surface area contributed by atoms with Gasteiger partial charge in [-0.25, -0.2) is 4.79 Å². The molecular weight excluding hydrogens is 218 g/mol. The zero-order valence-corrected chi connectivity index (χ0v) is 9.91. The fourth-order valence-electron chi connectivity index (χ4n) is 2.02. The van der Waals surface area contributed by atoms with Crippen molar-refractivity contribution < 1.29 is 4.79 Å². The van der Waals surface area contributed by atoms with Crippen LogP contribution in [0.1, 0.15) is 31.2 Å². The first-order chi connectivity index (χ1) is 8.27. The van der Waals surface area contributed by atoms with Crippen LogP contribution in [0.5, 0.6) is 0 Å². The minimum absolute atomic E-state index is 0.00694. The van der Waals surface area contributed by atoms with Crippen LogP contribution in [0.25, 0.3) is 0 Å². The first-order valence-electron chi connectivity index (χ1n) is 6.08. The van der Waals surface area contributed by atoms with Crippen LogP contribution in [0.2, 0.25) is 0 Å². The van der Waals surface area contributed by atoms with Crippen molar-refractivity contribution in [3.05, 3.63) is 11.8 Å². The van der Waals surface area contributed by atoms with E-state index < -0.39 is 0 Å². The molecule has 2 rings (SSSR count). The van der Waals surface area contributed by atoms with Gasteiger partial charge in [-0.1, -0.05) is 12.8 Å². The number of likely N-dealkylation sites (tertiary alicyclic amines) is 1. The lowest BCUT2D eigenvalue weighted by atomic mass is 10.2. The van der Waals surface area contributed by atoms with Gasteiger partial charge in [-0.3, -0.25) is 5.10 Å². The SMILES string of the molecule is Nc1[nH]ncc1CNC(=O)N1CCCCCC1. The Bertz CT molecular complexity index is 368. The summed E-state index contributed by atoms with van der Waals surface area (Å²) in [7, 11) is 0. The maximum atomic E-state index is 11.9. The van der Waals surface area contributed by atoms with E-state index in [1.807, 2.05) is 4.90 Å². The van der Waals surface area contributed by atoms with Crippen molar-refractivity contribution in [1.29, 1.82) is 0 Å². The van der Waals surface area contributed by atoms with Gasteiger partial charge >= 0.3 is 6.03 Å². The van der Waals surface area contributed by atoms with E-state index in [0.717, 1.165) is 31.5 Å². The molecule has 1 fully saturated rings. The second-order valence-electron chi connectivity index (χ2n) is 4.37. The van der Waals surface area contributed by atoms with Crippen LogP contribution in [-0.4, -0.2) is 34.2 Å². The van der Waals surface area contributed by atoms with Crippen molar-refractivity contribution in [1.82, 2.24) is 20.4 Å². The van der Waals surface area contributed by atoms with E-state index in [4.69, 9.17) is 5.73 Å². The van der Waals surface area contributed by atoms with Crippen molar-refractivity contribution in [2.45, 2.75) is 32.2 Å². The average molecular weight is 237 g/mol. The van der Waals surface area contributed by atoms with Gasteiger partial charge in [-0.05, 0) is 12.8 Å². The van der Waals surface area contributed by atoms with Gasteiger partial charge in [0.05, 0.1) is 6.20 Å². The summed E-state index contributed by atoms with van der Waals surface area (Å²) in [5.41, 5.74) is 6.47. The Labute approximate surface area is 101 Å². The number of rotatable bonds is 2. The number of aromatic nitrogens is 2. The number of H-pyrrole nitrogens is 1. The molecule has 0 radical (unpaired) electrons. The molecule has 6 heteroatoms. The molecule has 17 heavy (non-hydrogen) atoms. The van der Waals surface area contributed by atoms with Crippen LogP contribution < -0.4 is 11.1 Å². The highest BCUT2D eigenvalue weighted by Crippen LogP contribution is 2.10. The predicted octanol–water partition coefficient (Wildman–Crippen LogP) is 1.08. The molecule has 1 aromatic heterocycles. The van der Waals surface area contributed by atoms with Crippen molar-refractivity contribution in [2.24, 2.45) is 0 Å². The van der Waals surface area contributed by atoms with E-state index in [0.29, 0.717) is 12.4 Å². The van der Waals surface area contributed by atoms with Gasteiger partial charge in [0, 0.05) is 25.2 Å². The van der Waals surface area contributed by atoms with E-state index in [-0.39, 0.29) is 6.03 Å². The predicted molar refractivity (Wildman–Crippen MR) is 65.3 cm³/mol. The molecule has 0 aliphatic carbocycles. The van der Waals surface area contributed by atoms with Crippen LogP contribution in [0.3, 0.4) is 0 Å². The lowest BCUT2D eigenvalue weighted by Crippen LogP contribution is -2.40. The number of nitrogens with two attached hydrogens (primary N) is 1. The molecule has 0 aromatic carbocycles. The second-order valence-corrected chi connectivity index (χ2v) is 4.37. The minimum Gasteiger partial charge on any atom is -0.384 e. The van der Waals surface area contributed by atoms with Gasteiger partial charge in [-0.15, -0.1) is 0 Å². The molecular formula is C11H19N5O. The van der Waals surface area contributed by atoms with Gasteiger partial charge in [-0.2, -0.15) is 5.10 Å². The van der Waals surface area contributed by atoms with E-state index in [1.54, 1.807) is 6.20 Å². The molecule has 6 nitrogen and oxygen atoms in total. The van der Waals surface area contributed by atoms with Crippen molar-refractivity contribution in [3.8, 4) is 0 Å². The van der Waals surface area contributed by atoms with Crippen LogP contribution in [0.4, 0.5) is 10.6 Å². The molecule has 1 aromatic rings. The summed E-state index contributed by atoms with van der Waals surface area (Å²) in [6.07, 6.45) is 6.28. The molecule has 94 valence electrons. The molecule has 0 atom stereocenters. The lowest BCUT2D eigenvalue weighted by molar-refractivity contribution is 0.199. The van der Waals surface area contributed by atoms with Crippen LogP contribution in [0.15, 0.2) is 6.20 Å². The highest BCUT2D eigenvalue weighted by molar-refractivity contribution is 5.74. The number of carbonyl (C=O) groups is 1. The number of amides is 2. The first-order valence-corrected chi connectivity index (χ1v) is 6.08. The van der Waals surface area contributed by atoms with E-state index >= 15 is 0 Å². The summed E-state index contributed by atoms with van der Waals surface area (Å²) in [6.45, 7) is 2.14. The van der Waals surface area contributed by atoms with E-state index in [9.17, 15) is 4.79 Å². The van der Waals surface area contributed by atoms with Crippen LogP contribution in [0, 0.1) is 0 Å². The van der Waals surface area contributed by atoms with Gasteiger partial charge in [0.25, 0.3) is 0 Å². The lowest BCUT2D eigenvalue weighted by Gasteiger charge is -2.20. The largest absolute Gasteiger partial charge is 0.384 e. The van der Waals surface area contributed by atoms with Crippen LogP contribution in [-0.2, 0) is 6.54 Å². The van der Waals surface area contributed by atoms with E-state index in [2.05, 4.69) is 15.5 Å². The van der Waals surface area contributed by atoms with Gasteiger partial charge in [0.15, 0.2) is 0 Å². The molecule has 0 unspecified atom stereocenters. The smallest absolute Gasteiger partial charge is 0.317 e. The summed E-state index contributed by atoms with van der Waals surface area (Å²) < 4.78 is 0. The molecule has 2 heterocycles. The molecule has 1 saturated heterocycles. The number of nitrogen functional groups attached to an aromatic ring is 1. The number of urea groups is 1. The molecule has 0 spiro atoms. The molecule has 1 aliphatic rings. The fourth-order valence-corrected chi connectivity index (χ4v) is 2.02. The number of nitrogens with one attached hydrogen (secondary N) is 2. The highest BCUT2D eigenvalue weighted by atomic mass is 16.2. The first kappa shape index (κ1) is 11.8. The average Bonchev–Trinajstić information content (AvgIpc) is 2.58.